The van der Waals surface area contributed by atoms with Crippen molar-refractivity contribution in [3.63, 3.8) is 0 Å². The van der Waals surface area contributed by atoms with E-state index in [4.69, 9.17) is 5.11 Å². The minimum atomic E-state index is -0.996. The number of hydrogen-bond donors (Lipinski definition) is 2. The van der Waals surface area contributed by atoms with Crippen molar-refractivity contribution >= 4 is 33.5 Å². The van der Waals surface area contributed by atoms with E-state index in [1.807, 2.05) is 0 Å². The van der Waals surface area contributed by atoms with Crippen LogP contribution in [0.15, 0.2) is 22.7 Å². The predicted molar refractivity (Wildman–Crippen MR) is 60.0 cm³/mol. The molecule has 1 rings (SSSR count). The second-order valence-electron chi connectivity index (χ2n) is 2.90. The molecule has 0 spiro atoms. The second kappa shape index (κ2) is 4.93. The van der Waals surface area contributed by atoms with Crippen molar-refractivity contribution in [2.24, 2.45) is 0 Å². The number of nitrogens with one attached hydrogen (secondary N) is 1. The summed E-state index contributed by atoms with van der Waals surface area (Å²) < 4.78 is 0.559. The Balaban J connectivity index is 2.93. The first-order valence-corrected chi connectivity index (χ1v) is 5.16. The number of carbonyl (C=O) groups excluding carboxylic acids is 1. The molecule has 5 heteroatoms. The molecular weight excluding hydrogens is 262 g/mol. The lowest BCUT2D eigenvalue weighted by Crippen LogP contribution is -2.10. The zero-order valence-corrected chi connectivity index (χ0v) is 9.67. The third-order valence-electron chi connectivity index (χ3n) is 1.81. The smallest absolute Gasteiger partial charge is 0.335 e. The fourth-order valence-corrected chi connectivity index (χ4v) is 1.47. The fraction of sp³-hybridized carbons (Fsp3) is 0.200. The lowest BCUT2D eigenvalue weighted by atomic mass is 10.2. The molecule has 80 valence electrons. The lowest BCUT2D eigenvalue weighted by molar-refractivity contribution is -0.115. The van der Waals surface area contributed by atoms with Gasteiger partial charge in [-0.1, -0.05) is 6.92 Å². The Labute approximate surface area is 95.4 Å². The Bertz CT molecular complexity index is 404. The number of carboxylic acids is 1. The van der Waals surface area contributed by atoms with E-state index in [1.54, 1.807) is 13.0 Å². The number of aromatic carboxylic acids is 1. The number of halogens is 1. The van der Waals surface area contributed by atoms with Crippen LogP contribution in [-0.2, 0) is 4.79 Å². The summed E-state index contributed by atoms with van der Waals surface area (Å²) in [4.78, 5) is 21.7. The van der Waals surface area contributed by atoms with E-state index in [0.29, 0.717) is 16.6 Å². The quantitative estimate of drug-likeness (QED) is 0.888. The first-order chi connectivity index (χ1) is 7.04. The van der Waals surface area contributed by atoms with E-state index < -0.39 is 5.97 Å². The topological polar surface area (TPSA) is 66.4 Å². The van der Waals surface area contributed by atoms with Crippen molar-refractivity contribution in [2.45, 2.75) is 13.3 Å². The van der Waals surface area contributed by atoms with Crippen molar-refractivity contribution in [3.8, 4) is 0 Å². The summed E-state index contributed by atoms with van der Waals surface area (Å²) >= 11 is 3.20. The molecule has 1 aromatic carbocycles. The zero-order chi connectivity index (χ0) is 11.4. The summed E-state index contributed by atoms with van der Waals surface area (Å²) in [6.07, 6.45) is 0.382. The van der Waals surface area contributed by atoms with Crippen LogP contribution in [0.5, 0.6) is 0 Å². The molecule has 0 heterocycles. The highest BCUT2D eigenvalue weighted by Gasteiger charge is 2.07. The van der Waals surface area contributed by atoms with Gasteiger partial charge in [0, 0.05) is 10.9 Å². The summed E-state index contributed by atoms with van der Waals surface area (Å²) in [5.41, 5.74) is 0.753. The molecular formula is C10H10BrNO3. The van der Waals surface area contributed by atoms with Gasteiger partial charge in [0.15, 0.2) is 0 Å². The molecule has 0 saturated carbocycles. The molecule has 0 fully saturated rings. The summed E-state index contributed by atoms with van der Waals surface area (Å²) in [6, 6.07) is 4.45. The Hall–Kier alpha value is -1.36. The Kier molecular flexibility index (Phi) is 3.85. The highest BCUT2D eigenvalue weighted by atomic mass is 79.9. The highest BCUT2D eigenvalue weighted by Crippen LogP contribution is 2.23. The maximum Gasteiger partial charge on any atom is 0.335 e. The monoisotopic (exact) mass is 271 g/mol. The molecule has 1 amide bonds. The summed E-state index contributed by atoms with van der Waals surface area (Å²) in [7, 11) is 0. The van der Waals surface area contributed by atoms with Gasteiger partial charge in [0.25, 0.3) is 0 Å². The van der Waals surface area contributed by atoms with Gasteiger partial charge in [-0.15, -0.1) is 0 Å². The van der Waals surface area contributed by atoms with Gasteiger partial charge in [-0.3, -0.25) is 4.79 Å². The minimum absolute atomic E-state index is 0.112. The van der Waals surface area contributed by atoms with Crippen LogP contribution in [-0.4, -0.2) is 17.0 Å². The molecule has 0 bridgehead atoms. The van der Waals surface area contributed by atoms with Crippen LogP contribution in [0.2, 0.25) is 0 Å². The molecule has 0 unspecified atom stereocenters. The van der Waals surface area contributed by atoms with Crippen molar-refractivity contribution in [1.29, 1.82) is 0 Å². The van der Waals surface area contributed by atoms with Gasteiger partial charge in [-0.05, 0) is 34.1 Å². The van der Waals surface area contributed by atoms with Gasteiger partial charge in [0.1, 0.15) is 0 Å². The summed E-state index contributed by atoms with van der Waals surface area (Å²) in [5.74, 6) is -1.11. The maximum absolute atomic E-state index is 11.1. The SMILES string of the molecule is CCC(=O)Nc1ccc(C(=O)O)cc1Br. The van der Waals surface area contributed by atoms with Crippen molar-refractivity contribution < 1.29 is 14.7 Å². The molecule has 0 atom stereocenters. The summed E-state index contributed by atoms with van der Waals surface area (Å²) in [6.45, 7) is 1.74. The molecule has 2 N–H and O–H groups in total. The highest BCUT2D eigenvalue weighted by molar-refractivity contribution is 9.10. The van der Waals surface area contributed by atoms with Crippen LogP contribution in [0.3, 0.4) is 0 Å². The van der Waals surface area contributed by atoms with Crippen LogP contribution in [0.1, 0.15) is 23.7 Å². The van der Waals surface area contributed by atoms with Gasteiger partial charge in [-0.2, -0.15) is 0 Å². The average Bonchev–Trinajstić information content (AvgIpc) is 2.20. The lowest BCUT2D eigenvalue weighted by Gasteiger charge is -2.06. The predicted octanol–water partition coefficient (Wildman–Crippen LogP) is 2.50. The van der Waals surface area contributed by atoms with Crippen molar-refractivity contribution in [1.82, 2.24) is 0 Å². The molecule has 0 aliphatic heterocycles. The molecule has 0 aliphatic carbocycles. The second-order valence-corrected chi connectivity index (χ2v) is 3.76. The zero-order valence-electron chi connectivity index (χ0n) is 8.08. The molecule has 0 saturated heterocycles. The van der Waals surface area contributed by atoms with E-state index in [-0.39, 0.29) is 11.5 Å². The van der Waals surface area contributed by atoms with Crippen LogP contribution >= 0.6 is 15.9 Å². The summed E-state index contributed by atoms with van der Waals surface area (Å²) in [5, 5.41) is 11.4. The van der Waals surface area contributed by atoms with Crippen LogP contribution in [0, 0.1) is 0 Å². The van der Waals surface area contributed by atoms with E-state index in [0.717, 1.165) is 0 Å². The fourth-order valence-electron chi connectivity index (χ4n) is 0.988. The molecule has 0 radical (unpaired) electrons. The number of carbonyl (C=O) groups is 2. The number of benzene rings is 1. The molecule has 0 aromatic heterocycles. The molecule has 1 aromatic rings. The number of rotatable bonds is 3. The van der Waals surface area contributed by atoms with Crippen molar-refractivity contribution in [3.05, 3.63) is 28.2 Å². The van der Waals surface area contributed by atoms with Gasteiger partial charge in [-0.25, -0.2) is 4.79 Å². The number of anilines is 1. The van der Waals surface area contributed by atoms with E-state index in [9.17, 15) is 9.59 Å². The maximum atomic E-state index is 11.1. The van der Waals surface area contributed by atoms with Gasteiger partial charge in [0.05, 0.1) is 11.3 Å². The van der Waals surface area contributed by atoms with Gasteiger partial charge < -0.3 is 10.4 Å². The normalized spacial score (nSPS) is 9.73. The minimum Gasteiger partial charge on any atom is -0.478 e. The third kappa shape index (κ3) is 3.06. The van der Waals surface area contributed by atoms with Gasteiger partial charge >= 0.3 is 5.97 Å². The third-order valence-corrected chi connectivity index (χ3v) is 2.47. The van der Waals surface area contributed by atoms with Gasteiger partial charge in [0.2, 0.25) is 5.91 Å². The average molecular weight is 272 g/mol. The van der Waals surface area contributed by atoms with Crippen LogP contribution in [0.25, 0.3) is 0 Å². The molecule has 15 heavy (non-hydrogen) atoms. The van der Waals surface area contributed by atoms with Crippen molar-refractivity contribution in [2.75, 3.05) is 5.32 Å². The Morgan fingerprint density at radius 2 is 2.13 bits per heavy atom. The standard InChI is InChI=1S/C10H10BrNO3/c1-2-9(13)12-8-4-3-6(10(14)15)5-7(8)11/h3-5H,2H2,1H3,(H,12,13)(H,14,15). The number of hydrogen-bond acceptors (Lipinski definition) is 2. The first-order valence-electron chi connectivity index (χ1n) is 4.37. The van der Waals surface area contributed by atoms with E-state index in [2.05, 4.69) is 21.2 Å². The van der Waals surface area contributed by atoms with Crippen LogP contribution < -0.4 is 5.32 Å². The number of carboxylic acid groups (broad SMARTS) is 1. The Morgan fingerprint density at radius 3 is 2.60 bits per heavy atom. The molecule has 0 aliphatic rings. The number of amides is 1. The largest absolute Gasteiger partial charge is 0.478 e. The van der Waals surface area contributed by atoms with E-state index >= 15 is 0 Å². The Morgan fingerprint density at radius 1 is 1.47 bits per heavy atom. The molecule has 4 nitrogen and oxygen atoms in total. The first kappa shape index (κ1) is 11.7. The van der Waals surface area contributed by atoms with E-state index in [1.165, 1.54) is 12.1 Å². The van der Waals surface area contributed by atoms with Crippen LogP contribution in [0.4, 0.5) is 5.69 Å².